The lowest BCUT2D eigenvalue weighted by molar-refractivity contribution is -0.143. The van der Waals surface area contributed by atoms with Crippen molar-refractivity contribution in [3.05, 3.63) is 108 Å². The number of carbonyl (C=O) groups is 1. The van der Waals surface area contributed by atoms with E-state index in [0.717, 1.165) is 17.7 Å². The highest BCUT2D eigenvalue weighted by atomic mass is 16.5. The van der Waals surface area contributed by atoms with Crippen molar-refractivity contribution in [3.8, 4) is 0 Å². The highest BCUT2D eigenvalue weighted by molar-refractivity contribution is 5.77. The maximum Gasteiger partial charge on any atom is 0.324 e. The molecule has 4 heteroatoms. The van der Waals surface area contributed by atoms with E-state index in [1.54, 1.807) is 0 Å². The molecule has 142 valence electrons. The molecule has 0 amide bonds. The first kappa shape index (κ1) is 18.4. The van der Waals surface area contributed by atoms with Gasteiger partial charge in [0.15, 0.2) is 0 Å². The zero-order chi connectivity index (χ0) is 19.3. The monoisotopic (exact) mass is 372 g/mol. The molecule has 28 heavy (non-hydrogen) atoms. The SMILES string of the molecule is COC(=O)[C@H]1N[C@H](c2ccccc2)N(Cc2ccccc2)[C@@H]1c1ccccc1. The lowest BCUT2D eigenvalue weighted by Gasteiger charge is -2.30. The summed E-state index contributed by atoms with van der Waals surface area (Å²) in [6.07, 6.45) is -0.0873. The van der Waals surface area contributed by atoms with E-state index in [1.807, 2.05) is 54.6 Å². The zero-order valence-corrected chi connectivity index (χ0v) is 15.9. The van der Waals surface area contributed by atoms with Crippen LogP contribution in [0.1, 0.15) is 28.9 Å². The molecule has 1 N–H and O–H groups in total. The third kappa shape index (κ3) is 3.70. The average molecular weight is 372 g/mol. The first-order valence-electron chi connectivity index (χ1n) is 9.51. The van der Waals surface area contributed by atoms with Gasteiger partial charge in [0.25, 0.3) is 0 Å². The van der Waals surface area contributed by atoms with Crippen LogP contribution in [0.2, 0.25) is 0 Å². The summed E-state index contributed by atoms with van der Waals surface area (Å²) in [7, 11) is 1.45. The lowest BCUT2D eigenvalue weighted by atomic mass is 9.99. The second-order valence-corrected chi connectivity index (χ2v) is 6.99. The van der Waals surface area contributed by atoms with Crippen LogP contribution in [0.25, 0.3) is 0 Å². The Morgan fingerprint density at radius 2 is 1.39 bits per heavy atom. The van der Waals surface area contributed by atoms with Crippen LogP contribution in [0.5, 0.6) is 0 Å². The van der Waals surface area contributed by atoms with Crippen molar-refractivity contribution < 1.29 is 9.53 Å². The van der Waals surface area contributed by atoms with Gasteiger partial charge in [-0.2, -0.15) is 0 Å². The summed E-state index contributed by atoms with van der Waals surface area (Å²) < 4.78 is 5.14. The van der Waals surface area contributed by atoms with Gasteiger partial charge in [0.1, 0.15) is 6.04 Å². The van der Waals surface area contributed by atoms with E-state index >= 15 is 0 Å². The van der Waals surface area contributed by atoms with Crippen LogP contribution in [0, 0.1) is 0 Å². The fraction of sp³-hybridized carbons (Fsp3) is 0.208. The Hall–Kier alpha value is -2.95. The van der Waals surface area contributed by atoms with E-state index in [-0.39, 0.29) is 18.2 Å². The molecule has 0 bridgehead atoms. The number of hydrogen-bond donors (Lipinski definition) is 1. The Bertz CT molecular complexity index is 900. The number of ether oxygens (including phenoxy) is 1. The largest absolute Gasteiger partial charge is 0.468 e. The molecule has 1 aliphatic rings. The van der Waals surface area contributed by atoms with Gasteiger partial charge >= 0.3 is 5.97 Å². The van der Waals surface area contributed by atoms with Gasteiger partial charge in [0, 0.05) is 6.54 Å². The van der Waals surface area contributed by atoms with Gasteiger partial charge in [0.05, 0.1) is 19.3 Å². The first-order valence-corrected chi connectivity index (χ1v) is 9.51. The molecule has 4 rings (SSSR count). The van der Waals surface area contributed by atoms with Gasteiger partial charge in [-0.25, -0.2) is 0 Å². The predicted molar refractivity (Wildman–Crippen MR) is 109 cm³/mol. The Labute approximate surface area is 165 Å². The van der Waals surface area contributed by atoms with Gasteiger partial charge < -0.3 is 4.74 Å². The highest BCUT2D eigenvalue weighted by Gasteiger charge is 2.46. The molecule has 1 heterocycles. The molecule has 0 aromatic heterocycles. The van der Waals surface area contributed by atoms with Crippen LogP contribution in [-0.4, -0.2) is 24.0 Å². The smallest absolute Gasteiger partial charge is 0.324 e. The number of nitrogens with zero attached hydrogens (tertiary/aromatic N) is 1. The number of rotatable bonds is 5. The predicted octanol–water partition coefficient (Wildman–Crippen LogP) is 4.07. The van der Waals surface area contributed by atoms with Crippen molar-refractivity contribution in [1.29, 1.82) is 0 Å². The summed E-state index contributed by atoms with van der Waals surface area (Å²) >= 11 is 0. The Balaban J connectivity index is 1.78. The van der Waals surface area contributed by atoms with Crippen LogP contribution in [0.15, 0.2) is 91.0 Å². The highest BCUT2D eigenvalue weighted by Crippen LogP contribution is 2.40. The Morgan fingerprint density at radius 1 is 0.857 bits per heavy atom. The minimum absolute atomic E-state index is 0.0873. The van der Waals surface area contributed by atoms with Gasteiger partial charge in [-0.05, 0) is 16.7 Å². The lowest BCUT2D eigenvalue weighted by Crippen LogP contribution is -2.36. The number of esters is 1. The van der Waals surface area contributed by atoms with Crippen molar-refractivity contribution in [2.24, 2.45) is 0 Å². The molecule has 3 aromatic carbocycles. The van der Waals surface area contributed by atoms with Crippen LogP contribution in [0.4, 0.5) is 0 Å². The molecular formula is C24H24N2O2. The third-order valence-corrected chi connectivity index (χ3v) is 5.26. The fourth-order valence-electron chi connectivity index (χ4n) is 3.97. The van der Waals surface area contributed by atoms with Gasteiger partial charge in [-0.15, -0.1) is 0 Å². The van der Waals surface area contributed by atoms with E-state index < -0.39 is 6.04 Å². The molecular weight excluding hydrogens is 348 g/mol. The summed E-state index contributed by atoms with van der Waals surface area (Å²) in [4.78, 5) is 15.0. The maximum atomic E-state index is 12.7. The molecule has 1 saturated heterocycles. The summed E-state index contributed by atoms with van der Waals surface area (Å²) in [6.45, 7) is 0.723. The maximum absolute atomic E-state index is 12.7. The third-order valence-electron chi connectivity index (χ3n) is 5.26. The van der Waals surface area contributed by atoms with Crippen molar-refractivity contribution in [2.75, 3.05) is 7.11 Å². The first-order chi connectivity index (χ1) is 13.8. The average Bonchev–Trinajstić information content (AvgIpc) is 3.14. The van der Waals surface area contributed by atoms with Crippen LogP contribution < -0.4 is 5.32 Å². The number of benzene rings is 3. The molecule has 4 nitrogen and oxygen atoms in total. The van der Waals surface area contributed by atoms with Crippen molar-refractivity contribution in [3.63, 3.8) is 0 Å². The molecule has 0 saturated carbocycles. The number of hydrogen-bond acceptors (Lipinski definition) is 4. The standard InChI is InChI=1S/C24H24N2O2/c1-28-24(27)21-22(19-13-7-3-8-14-19)26(17-18-11-5-2-6-12-18)23(25-21)20-15-9-4-10-16-20/h2-16,21-23,25H,17H2,1H3/t21-,22+,23-/m0/s1. The van der Waals surface area contributed by atoms with Crippen LogP contribution >= 0.6 is 0 Å². The minimum Gasteiger partial charge on any atom is -0.468 e. The van der Waals surface area contributed by atoms with Crippen molar-refractivity contribution in [1.82, 2.24) is 10.2 Å². The van der Waals surface area contributed by atoms with Crippen LogP contribution in [-0.2, 0) is 16.1 Å². The van der Waals surface area contributed by atoms with E-state index in [0.29, 0.717) is 0 Å². The van der Waals surface area contributed by atoms with E-state index in [1.165, 1.54) is 12.7 Å². The second kappa shape index (κ2) is 8.38. The molecule has 1 aliphatic heterocycles. The van der Waals surface area contributed by atoms with Gasteiger partial charge in [0.2, 0.25) is 0 Å². The number of nitrogens with one attached hydrogen (secondary N) is 1. The fourth-order valence-corrected chi connectivity index (χ4v) is 3.97. The number of methoxy groups -OCH3 is 1. The topological polar surface area (TPSA) is 41.6 Å². The molecule has 3 atom stereocenters. The van der Waals surface area contributed by atoms with Crippen molar-refractivity contribution >= 4 is 5.97 Å². The summed E-state index contributed by atoms with van der Waals surface area (Å²) in [6, 6.07) is 30.2. The molecule has 1 fully saturated rings. The second-order valence-electron chi connectivity index (χ2n) is 6.99. The normalized spacial score (nSPS) is 22.1. The van der Waals surface area contributed by atoms with Crippen molar-refractivity contribution in [2.45, 2.75) is 24.8 Å². The Morgan fingerprint density at radius 3 is 1.96 bits per heavy atom. The zero-order valence-electron chi connectivity index (χ0n) is 15.9. The van der Waals surface area contributed by atoms with Gasteiger partial charge in [-0.3, -0.25) is 15.0 Å². The van der Waals surface area contributed by atoms with E-state index in [9.17, 15) is 4.79 Å². The molecule has 0 unspecified atom stereocenters. The molecule has 0 aliphatic carbocycles. The Kier molecular flexibility index (Phi) is 5.51. The summed E-state index contributed by atoms with van der Waals surface area (Å²) in [5.74, 6) is -0.245. The van der Waals surface area contributed by atoms with Gasteiger partial charge in [-0.1, -0.05) is 91.0 Å². The molecule has 0 radical (unpaired) electrons. The van der Waals surface area contributed by atoms with E-state index in [2.05, 4.69) is 46.6 Å². The molecule has 0 spiro atoms. The number of carbonyl (C=O) groups excluding carboxylic acids is 1. The quantitative estimate of drug-likeness (QED) is 0.686. The van der Waals surface area contributed by atoms with Crippen LogP contribution in [0.3, 0.4) is 0 Å². The summed E-state index contributed by atoms with van der Waals surface area (Å²) in [5, 5.41) is 3.53. The van der Waals surface area contributed by atoms with E-state index in [4.69, 9.17) is 4.74 Å². The summed E-state index contributed by atoms with van der Waals surface area (Å²) in [5.41, 5.74) is 3.43. The minimum atomic E-state index is -0.443. The molecule has 3 aromatic rings.